The van der Waals surface area contributed by atoms with Crippen LogP contribution in [0.5, 0.6) is 0 Å². The topological polar surface area (TPSA) is 59.8 Å². The van der Waals surface area contributed by atoms with Crippen LogP contribution in [0.15, 0.2) is 47.6 Å². The van der Waals surface area contributed by atoms with E-state index in [1.807, 2.05) is 62.6 Å². The van der Waals surface area contributed by atoms with Crippen molar-refractivity contribution >= 4 is 40.9 Å². The summed E-state index contributed by atoms with van der Waals surface area (Å²) >= 11 is 13.6. The second-order valence-electron chi connectivity index (χ2n) is 6.81. The van der Waals surface area contributed by atoms with Gasteiger partial charge in [0.25, 0.3) is 0 Å². The van der Waals surface area contributed by atoms with Gasteiger partial charge in [-0.15, -0.1) is 10.2 Å². The number of carbonyl (C=O) groups excluding carboxylic acids is 1. The first-order valence-corrected chi connectivity index (χ1v) is 10.8. The van der Waals surface area contributed by atoms with Crippen LogP contribution >= 0.6 is 35.0 Å². The molecule has 1 amide bonds. The molecular formula is C21H22Cl2N4OS. The Morgan fingerprint density at radius 3 is 2.52 bits per heavy atom. The van der Waals surface area contributed by atoms with Crippen molar-refractivity contribution in [3.05, 3.63) is 69.5 Å². The van der Waals surface area contributed by atoms with Crippen molar-refractivity contribution in [2.45, 2.75) is 44.1 Å². The Hall–Kier alpha value is -2.02. The molecule has 2 atom stereocenters. The van der Waals surface area contributed by atoms with Crippen LogP contribution in [0.25, 0.3) is 5.69 Å². The van der Waals surface area contributed by atoms with Gasteiger partial charge in [-0.05, 0) is 57.0 Å². The van der Waals surface area contributed by atoms with Crippen LogP contribution in [-0.2, 0) is 4.79 Å². The molecule has 0 saturated heterocycles. The third kappa shape index (κ3) is 4.94. The van der Waals surface area contributed by atoms with Crippen LogP contribution in [0.3, 0.4) is 0 Å². The highest BCUT2D eigenvalue weighted by molar-refractivity contribution is 8.00. The summed E-state index contributed by atoms with van der Waals surface area (Å²) in [4.78, 5) is 12.8. The van der Waals surface area contributed by atoms with Crippen molar-refractivity contribution in [3.63, 3.8) is 0 Å². The molecule has 0 aliphatic rings. The lowest BCUT2D eigenvalue weighted by Gasteiger charge is -2.19. The predicted octanol–water partition coefficient (Wildman–Crippen LogP) is 5.55. The zero-order valence-electron chi connectivity index (χ0n) is 16.6. The summed E-state index contributed by atoms with van der Waals surface area (Å²) in [7, 11) is 0. The summed E-state index contributed by atoms with van der Waals surface area (Å²) in [6, 6.07) is 13.0. The fourth-order valence-corrected chi connectivity index (χ4v) is 4.47. The predicted molar refractivity (Wildman–Crippen MR) is 119 cm³/mol. The first-order valence-electron chi connectivity index (χ1n) is 9.18. The van der Waals surface area contributed by atoms with E-state index in [-0.39, 0.29) is 17.2 Å². The minimum atomic E-state index is -0.366. The first-order chi connectivity index (χ1) is 13.8. The van der Waals surface area contributed by atoms with Crippen molar-refractivity contribution in [2.24, 2.45) is 0 Å². The maximum atomic E-state index is 12.8. The molecular weight excluding hydrogens is 427 g/mol. The number of thioether (sulfide) groups is 1. The number of carbonyl (C=O) groups is 1. The van der Waals surface area contributed by atoms with E-state index < -0.39 is 0 Å². The molecule has 0 radical (unpaired) electrons. The van der Waals surface area contributed by atoms with E-state index >= 15 is 0 Å². The number of aryl methyl sites for hydroxylation is 2. The van der Waals surface area contributed by atoms with Gasteiger partial charge in [-0.2, -0.15) is 0 Å². The molecule has 152 valence electrons. The lowest BCUT2D eigenvalue weighted by atomic mass is 10.1. The summed E-state index contributed by atoms with van der Waals surface area (Å²) in [5.41, 5.74) is 2.94. The highest BCUT2D eigenvalue weighted by atomic mass is 35.5. The average Bonchev–Trinajstić information content (AvgIpc) is 3.02. The molecule has 2 aromatic carbocycles. The second-order valence-corrected chi connectivity index (χ2v) is 8.96. The summed E-state index contributed by atoms with van der Waals surface area (Å²) in [5, 5.41) is 12.9. The summed E-state index contributed by atoms with van der Waals surface area (Å²) in [5.74, 6) is 0.668. The van der Waals surface area contributed by atoms with Crippen molar-refractivity contribution in [2.75, 3.05) is 0 Å². The van der Waals surface area contributed by atoms with E-state index in [0.29, 0.717) is 15.2 Å². The van der Waals surface area contributed by atoms with Crippen molar-refractivity contribution in [1.29, 1.82) is 0 Å². The van der Waals surface area contributed by atoms with Crippen LogP contribution in [0.4, 0.5) is 0 Å². The van der Waals surface area contributed by atoms with E-state index in [2.05, 4.69) is 15.5 Å². The molecule has 0 spiro atoms. The number of hydrogen-bond donors (Lipinski definition) is 1. The van der Waals surface area contributed by atoms with Gasteiger partial charge in [-0.3, -0.25) is 9.36 Å². The molecule has 5 nitrogen and oxygen atoms in total. The number of amides is 1. The summed E-state index contributed by atoms with van der Waals surface area (Å²) in [6.07, 6.45) is 0. The van der Waals surface area contributed by atoms with Gasteiger partial charge in [-0.1, -0.05) is 59.2 Å². The number of benzene rings is 2. The summed E-state index contributed by atoms with van der Waals surface area (Å²) < 4.78 is 1.98. The van der Waals surface area contributed by atoms with E-state index in [0.717, 1.165) is 22.6 Å². The van der Waals surface area contributed by atoms with Crippen molar-refractivity contribution in [1.82, 2.24) is 20.1 Å². The van der Waals surface area contributed by atoms with E-state index in [1.54, 1.807) is 12.1 Å². The zero-order valence-corrected chi connectivity index (χ0v) is 18.9. The lowest BCUT2D eigenvalue weighted by molar-refractivity contribution is -0.120. The molecule has 3 aromatic rings. The smallest absolute Gasteiger partial charge is 0.233 e. The standard InChI is InChI=1S/C21H22Cl2N4OS/c1-12-7-5-6-8-19(12)27-15(4)25-26-21(27)29-14(3)20(28)24-13(2)17-10-9-16(22)11-18(17)23/h5-11,13-14H,1-4H3,(H,24,28)/t13-,14-/m0/s1. The van der Waals surface area contributed by atoms with Crippen LogP contribution in [0.1, 0.15) is 36.8 Å². The molecule has 0 saturated carbocycles. The van der Waals surface area contributed by atoms with Gasteiger partial charge >= 0.3 is 0 Å². The number of aromatic nitrogens is 3. The van der Waals surface area contributed by atoms with Gasteiger partial charge < -0.3 is 5.32 Å². The van der Waals surface area contributed by atoms with Crippen LogP contribution in [0, 0.1) is 13.8 Å². The lowest BCUT2D eigenvalue weighted by Crippen LogP contribution is -2.33. The quantitative estimate of drug-likeness (QED) is 0.502. The minimum Gasteiger partial charge on any atom is -0.349 e. The fourth-order valence-electron chi connectivity index (χ4n) is 2.98. The molecule has 1 N–H and O–H groups in total. The van der Waals surface area contributed by atoms with Crippen LogP contribution in [0.2, 0.25) is 10.0 Å². The largest absolute Gasteiger partial charge is 0.349 e. The highest BCUT2D eigenvalue weighted by Crippen LogP contribution is 2.29. The highest BCUT2D eigenvalue weighted by Gasteiger charge is 2.22. The number of nitrogens with zero attached hydrogens (tertiary/aromatic N) is 3. The Bertz CT molecular complexity index is 1040. The number of para-hydroxylation sites is 1. The second kappa shape index (κ2) is 9.20. The van der Waals surface area contributed by atoms with Crippen LogP contribution < -0.4 is 5.32 Å². The van der Waals surface area contributed by atoms with Gasteiger partial charge in [0.15, 0.2) is 5.16 Å². The van der Waals surface area contributed by atoms with E-state index in [1.165, 1.54) is 11.8 Å². The SMILES string of the molecule is Cc1ccccc1-n1c(C)nnc1S[C@@H](C)C(=O)N[C@@H](C)c1ccc(Cl)cc1Cl. The number of hydrogen-bond acceptors (Lipinski definition) is 4. The Balaban J connectivity index is 1.75. The Labute approximate surface area is 184 Å². The third-order valence-corrected chi connectivity index (χ3v) is 6.20. The number of halogens is 2. The molecule has 8 heteroatoms. The Morgan fingerprint density at radius 2 is 1.83 bits per heavy atom. The maximum Gasteiger partial charge on any atom is 0.233 e. The molecule has 0 aliphatic carbocycles. The number of rotatable bonds is 6. The molecule has 0 aliphatic heterocycles. The van der Waals surface area contributed by atoms with Crippen molar-refractivity contribution < 1.29 is 4.79 Å². The molecule has 0 unspecified atom stereocenters. The molecule has 1 heterocycles. The molecule has 3 rings (SSSR count). The maximum absolute atomic E-state index is 12.8. The first kappa shape index (κ1) is 21.7. The Kier molecular flexibility index (Phi) is 6.88. The Morgan fingerprint density at radius 1 is 1.10 bits per heavy atom. The van der Waals surface area contributed by atoms with Crippen LogP contribution in [-0.4, -0.2) is 25.9 Å². The molecule has 0 fully saturated rings. The zero-order chi connectivity index (χ0) is 21.1. The van der Waals surface area contributed by atoms with E-state index in [4.69, 9.17) is 23.2 Å². The molecule has 29 heavy (non-hydrogen) atoms. The average molecular weight is 449 g/mol. The van der Waals surface area contributed by atoms with Crippen molar-refractivity contribution in [3.8, 4) is 5.69 Å². The van der Waals surface area contributed by atoms with Gasteiger partial charge in [0.1, 0.15) is 5.82 Å². The fraction of sp³-hybridized carbons (Fsp3) is 0.286. The van der Waals surface area contributed by atoms with Gasteiger partial charge in [0, 0.05) is 10.0 Å². The monoisotopic (exact) mass is 448 g/mol. The third-order valence-electron chi connectivity index (χ3n) is 4.59. The van der Waals surface area contributed by atoms with Gasteiger partial charge in [-0.25, -0.2) is 0 Å². The van der Waals surface area contributed by atoms with Gasteiger partial charge in [0.2, 0.25) is 5.91 Å². The normalized spacial score (nSPS) is 13.2. The molecule has 1 aromatic heterocycles. The summed E-state index contributed by atoms with van der Waals surface area (Å²) in [6.45, 7) is 7.68. The minimum absolute atomic E-state index is 0.106. The van der Waals surface area contributed by atoms with Gasteiger partial charge in [0.05, 0.1) is 17.0 Å². The number of nitrogens with one attached hydrogen (secondary N) is 1. The molecule has 0 bridgehead atoms. The van der Waals surface area contributed by atoms with E-state index in [9.17, 15) is 4.79 Å².